The van der Waals surface area contributed by atoms with Crippen LogP contribution in [0.1, 0.15) is 99.4 Å². The van der Waals surface area contributed by atoms with E-state index < -0.39 is 0 Å². The van der Waals surface area contributed by atoms with Crippen LogP contribution in [0.5, 0.6) is 0 Å². The number of fused-ring (bicyclic) bond motifs is 6. The van der Waals surface area contributed by atoms with Gasteiger partial charge in [0.15, 0.2) is 0 Å². The molecule has 42 heavy (non-hydrogen) atoms. The second-order valence-corrected chi connectivity index (χ2v) is 15.8. The van der Waals surface area contributed by atoms with Crippen LogP contribution in [0, 0.1) is 0 Å². The minimum absolute atomic E-state index is 0.0339. The first-order valence-electron chi connectivity index (χ1n) is 15.7. The van der Waals surface area contributed by atoms with E-state index >= 15 is 0 Å². The second kappa shape index (κ2) is 9.89. The summed E-state index contributed by atoms with van der Waals surface area (Å²) < 4.78 is 1.57. The van der Waals surface area contributed by atoms with E-state index in [2.05, 4.69) is 121 Å². The summed E-state index contributed by atoms with van der Waals surface area (Å²) in [4.78, 5) is 0. The zero-order valence-corrected chi connectivity index (χ0v) is 28.7. The number of hydrogen-bond acceptors (Lipinski definition) is 0. The third-order valence-corrected chi connectivity index (χ3v) is 11.2. The van der Waals surface area contributed by atoms with Crippen LogP contribution < -0.4 is 3.27 Å². The predicted molar refractivity (Wildman–Crippen MR) is 177 cm³/mol. The molecule has 0 aromatic heterocycles. The Bertz CT molecular complexity index is 1850. The van der Waals surface area contributed by atoms with Crippen LogP contribution in [-0.2, 0) is 54.8 Å². The Morgan fingerprint density at radius 2 is 1.43 bits per heavy atom. The monoisotopic (exact) mass is 623 g/mol. The van der Waals surface area contributed by atoms with Gasteiger partial charge in [-0.1, -0.05) is 0 Å². The van der Waals surface area contributed by atoms with Crippen LogP contribution in [0.2, 0.25) is 0 Å². The van der Waals surface area contributed by atoms with Crippen LogP contribution in [0.3, 0.4) is 0 Å². The van der Waals surface area contributed by atoms with Crippen molar-refractivity contribution in [1.82, 2.24) is 0 Å². The van der Waals surface area contributed by atoms with E-state index in [1.807, 2.05) is 0 Å². The summed E-state index contributed by atoms with van der Waals surface area (Å²) in [7, 11) is 0. The van der Waals surface area contributed by atoms with Gasteiger partial charge >= 0.3 is 269 Å². The average Bonchev–Trinajstić information content (AvgIpc) is 3.68. The van der Waals surface area contributed by atoms with Crippen LogP contribution in [0.15, 0.2) is 72.8 Å². The molecule has 1 heteroatoms. The standard InChI is InChI=1S/C41H41.Zr/c1-8-30-37(25-13-9-10-14-25)35(24-28-21-26-15-11-12-16-32(26)38(28)30)39-34-23-27-22-29(40(2,3)4)17-18-31(27)33(34)19-20-36(39)41(5,6)7;/h9-13,15-20,22H,8,14,21,23H2,1-7H3;. The third-order valence-electron chi connectivity index (χ3n) is 9.81. The molecule has 0 amide bonds. The molecular weight excluding hydrogens is 584 g/mol. The molecule has 0 saturated heterocycles. The van der Waals surface area contributed by atoms with Gasteiger partial charge in [0.2, 0.25) is 0 Å². The van der Waals surface area contributed by atoms with Crippen LogP contribution in [-0.4, -0.2) is 0 Å². The average molecular weight is 625 g/mol. The van der Waals surface area contributed by atoms with Crippen molar-refractivity contribution in [1.29, 1.82) is 0 Å². The Balaban J connectivity index is 1.58. The quantitative estimate of drug-likeness (QED) is 0.184. The predicted octanol–water partition coefficient (Wildman–Crippen LogP) is 10.2. The van der Waals surface area contributed by atoms with Crippen molar-refractivity contribution in [2.24, 2.45) is 0 Å². The van der Waals surface area contributed by atoms with Gasteiger partial charge in [-0.2, -0.15) is 0 Å². The molecular formula is C41H41Zr. The van der Waals surface area contributed by atoms with Crippen molar-refractivity contribution in [3.8, 4) is 33.4 Å². The number of benzene rings is 4. The molecule has 0 heterocycles. The number of allylic oxidation sites excluding steroid dienone is 4. The van der Waals surface area contributed by atoms with Gasteiger partial charge in [-0.25, -0.2) is 0 Å². The molecule has 3 aliphatic rings. The molecule has 0 radical (unpaired) electrons. The molecule has 0 bridgehead atoms. The SMILES string of the molecule is CCc1c(C2=CC=CC2)c(-c2c(C(C)(C)C)ccc3c2Cc2cc(C(C)(C)C)ccc2-3)[c]([Zr])c2c1-c1ccccc1C2. The zero-order chi connectivity index (χ0) is 29.6. The molecule has 0 N–H and O–H groups in total. The minimum atomic E-state index is 0.0339. The van der Waals surface area contributed by atoms with Crippen LogP contribution in [0.4, 0.5) is 0 Å². The molecule has 0 atom stereocenters. The van der Waals surface area contributed by atoms with Crippen molar-refractivity contribution in [3.05, 3.63) is 117 Å². The maximum atomic E-state index is 2.50. The zero-order valence-electron chi connectivity index (χ0n) is 26.3. The molecule has 209 valence electrons. The van der Waals surface area contributed by atoms with E-state index in [4.69, 9.17) is 0 Å². The van der Waals surface area contributed by atoms with Crippen molar-refractivity contribution in [2.45, 2.75) is 85.0 Å². The molecule has 0 saturated carbocycles. The molecule has 0 fully saturated rings. The number of hydrogen-bond donors (Lipinski definition) is 0. The Kier molecular flexibility index (Phi) is 6.60. The van der Waals surface area contributed by atoms with Gasteiger partial charge in [0.05, 0.1) is 0 Å². The fraction of sp³-hybridized carbons (Fsp3) is 0.317. The topological polar surface area (TPSA) is 0 Å². The summed E-state index contributed by atoms with van der Waals surface area (Å²) in [6.45, 7) is 16.6. The molecule has 0 spiro atoms. The van der Waals surface area contributed by atoms with E-state index in [-0.39, 0.29) is 10.8 Å². The van der Waals surface area contributed by atoms with Gasteiger partial charge in [-0.3, -0.25) is 0 Å². The molecule has 0 aliphatic heterocycles. The van der Waals surface area contributed by atoms with Gasteiger partial charge in [0.25, 0.3) is 0 Å². The van der Waals surface area contributed by atoms with Gasteiger partial charge in [0.1, 0.15) is 0 Å². The number of rotatable bonds is 3. The van der Waals surface area contributed by atoms with E-state index in [1.165, 1.54) is 97.1 Å². The molecule has 0 nitrogen and oxygen atoms in total. The summed E-state index contributed by atoms with van der Waals surface area (Å²) in [6, 6.07) is 21.3. The Morgan fingerprint density at radius 1 is 0.690 bits per heavy atom. The van der Waals surface area contributed by atoms with Crippen molar-refractivity contribution >= 4 is 8.84 Å². The van der Waals surface area contributed by atoms with E-state index in [0.717, 1.165) is 25.7 Å². The maximum absolute atomic E-state index is 2.50. The van der Waals surface area contributed by atoms with Crippen molar-refractivity contribution < 1.29 is 24.7 Å². The Labute approximate surface area is 267 Å². The van der Waals surface area contributed by atoms with E-state index in [0.29, 0.717) is 0 Å². The second-order valence-electron chi connectivity index (χ2n) is 14.5. The summed E-state index contributed by atoms with van der Waals surface area (Å²) in [5.41, 5.74) is 22.7. The molecule has 7 rings (SSSR count). The molecule has 4 aromatic carbocycles. The molecule has 3 aliphatic carbocycles. The van der Waals surface area contributed by atoms with Gasteiger partial charge in [-0.05, 0) is 0 Å². The fourth-order valence-corrected chi connectivity index (χ4v) is 8.85. The fourth-order valence-electron chi connectivity index (χ4n) is 7.71. The van der Waals surface area contributed by atoms with Crippen molar-refractivity contribution in [2.75, 3.05) is 0 Å². The third kappa shape index (κ3) is 4.25. The normalized spacial score (nSPS) is 15.0. The summed E-state index contributed by atoms with van der Waals surface area (Å²) in [5.74, 6) is 0. The first kappa shape index (κ1) is 28.0. The molecule has 0 unspecified atom stereocenters. The van der Waals surface area contributed by atoms with E-state index in [1.54, 1.807) is 14.4 Å². The summed E-state index contributed by atoms with van der Waals surface area (Å²) in [5, 5.41) is 0. The van der Waals surface area contributed by atoms with Gasteiger partial charge in [0, 0.05) is 0 Å². The summed E-state index contributed by atoms with van der Waals surface area (Å²) in [6.07, 6.45) is 11.1. The first-order chi connectivity index (χ1) is 20.0. The van der Waals surface area contributed by atoms with Crippen molar-refractivity contribution in [3.63, 3.8) is 0 Å². The van der Waals surface area contributed by atoms with Crippen LogP contribution >= 0.6 is 0 Å². The van der Waals surface area contributed by atoms with Crippen LogP contribution in [0.25, 0.3) is 39.0 Å². The first-order valence-corrected chi connectivity index (χ1v) is 16.9. The summed E-state index contributed by atoms with van der Waals surface area (Å²) >= 11 is 1.52. The Hall–Kier alpha value is -2.76. The Morgan fingerprint density at radius 3 is 2.12 bits per heavy atom. The van der Waals surface area contributed by atoms with E-state index in [9.17, 15) is 0 Å². The van der Waals surface area contributed by atoms with Gasteiger partial charge < -0.3 is 0 Å². The van der Waals surface area contributed by atoms with Gasteiger partial charge in [-0.15, -0.1) is 0 Å². The molecule has 4 aromatic rings.